The lowest BCUT2D eigenvalue weighted by molar-refractivity contribution is 0.532. The molecule has 0 saturated carbocycles. The zero-order valence-electron chi connectivity index (χ0n) is 7.93. The molecule has 0 amide bonds. The van der Waals surface area contributed by atoms with Crippen LogP contribution in [0.1, 0.15) is 26.7 Å². The van der Waals surface area contributed by atoms with Crippen LogP contribution in [0.25, 0.3) is 0 Å². The Morgan fingerprint density at radius 1 is 1.58 bits per heavy atom. The average Bonchev–Trinajstić information content (AvgIpc) is 2.03. The molecule has 1 aliphatic heterocycles. The topological polar surface area (TPSA) is 12.0 Å². The van der Waals surface area contributed by atoms with E-state index in [9.17, 15) is 0 Å². The second-order valence-electron chi connectivity index (χ2n) is 3.28. The van der Waals surface area contributed by atoms with E-state index in [2.05, 4.69) is 31.0 Å². The van der Waals surface area contributed by atoms with E-state index < -0.39 is 0 Å². The van der Waals surface area contributed by atoms with Crippen LogP contribution >= 0.6 is 0 Å². The van der Waals surface area contributed by atoms with Gasteiger partial charge in [0.15, 0.2) is 0 Å². The summed E-state index contributed by atoms with van der Waals surface area (Å²) in [6.07, 6.45) is 8.61. The fraction of sp³-hybridized carbons (Fsp3) is 0.455. The van der Waals surface area contributed by atoms with E-state index in [1.807, 2.05) is 13.0 Å². The maximum Gasteiger partial charge on any atom is 0.0301 e. The van der Waals surface area contributed by atoms with Crippen molar-refractivity contribution in [1.82, 2.24) is 5.32 Å². The summed E-state index contributed by atoms with van der Waals surface area (Å²) in [6, 6.07) is 0.584. The van der Waals surface area contributed by atoms with Crippen molar-refractivity contribution >= 4 is 0 Å². The summed E-state index contributed by atoms with van der Waals surface area (Å²) in [7, 11) is 0. The van der Waals surface area contributed by atoms with Gasteiger partial charge >= 0.3 is 0 Å². The summed E-state index contributed by atoms with van der Waals surface area (Å²) < 4.78 is 0. The second kappa shape index (κ2) is 4.15. The van der Waals surface area contributed by atoms with Gasteiger partial charge in [0.05, 0.1) is 0 Å². The molecule has 1 saturated heterocycles. The minimum absolute atomic E-state index is 0.584. The highest BCUT2D eigenvalue weighted by molar-refractivity contribution is 5.32. The highest BCUT2D eigenvalue weighted by Crippen LogP contribution is 2.20. The van der Waals surface area contributed by atoms with E-state index in [1.54, 1.807) is 0 Å². The Bertz CT molecular complexity index is 223. The molecule has 1 unspecified atom stereocenters. The third-order valence-corrected chi connectivity index (χ3v) is 2.14. The van der Waals surface area contributed by atoms with Crippen molar-refractivity contribution < 1.29 is 0 Å². The van der Waals surface area contributed by atoms with Crippen molar-refractivity contribution in [2.75, 3.05) is 0 Å². The predicted molar refractivity (Wildman–Crippen MR) is 53.9 cm³/mol. The monoisotopic (exact) mass is 163 g/mol. The SMILES string of the molecule is C=C1NC(C)CC/C1=C/C=C\C. The molecule has 0 aromatic rings. The van der Waals surface area contributed by atoms with Crippen LogP contribution < -0.4 is 5.32 Å². The van der Waals surface area contributed by atoms with Crippen molar-refractivity contribution in [3.05, 3.63) is 36.1 Å². The number of piperidine rings is 1. The Morgan fingerprint density at radius 3 is 2.92 bits per heavy atom. The largest absolute Gasteiger partial charge is 0.383 e. The van der Waals surface area contributed by atoms with Gasteiger partial charge in [0, 0.05) is 11.7 Å². The maximum atomic E-state index is 3.99. The van der Waals surface area contributed by atoms with Crippen LogP contribution in [0, 0.1) is 0 Å². The molecule has 1 heterocycles. The first-order valence-corrected chi connectivity index (χ1v) is 4.51. The van der Waals surface area contributed by atoms with Gasteiger partial charge in [-0.1, -0.05) is 24.8 Å². The summed E-state index contributed by atoms with van der Waals surface area (Å²) in [6.45, 7) is 8.20. The number of rotatable bonds is 1. The predicted octanol–water partition coefficient (Wildman–Crippen LogP) is 2.77. The molecule has 0 radical (unpaired) electrons. The van der Waals surface area contributed by atoms with E-state index >= 15 is 0 Å². The molecule has 0 aromatic carbocycles. The van der Waals surface area contributed by atoms with Crippen molar-refractivity contribution in [3.63, 3.8) is 0 Å². The molecule has 1 aliphatic rings. The molecule has 1 rings (SSSR count). The van der Waals surface area contributed by atoms with Crippen molar-refractivity contribution in [1.29, 1.82) is 0 Å². The standard InChI is InChI=1S/C11H17N/c1-4-5-6-11-8-7-9(2)12-10(11)3/h4-6,9,12H,3,7-8H2,1-2H3/b5-4-,11-6-. The quantitative estimate of drug-likeness (QED) is 0.626. The molecular formula is C11H17N. The molecule has 0 aromatic heterocycles. The Morgan fingerprint density at radius 2 is 2.33 bits per heavy atom. The molecule has 0 spiro atoms. The van der Waals surface area contributed by atoms with Crippen molar-refractivity contribution in [2.45, 2.75) is 32.7 Å². The van der Waals surface area contributed by atoms with Crippen LogP contribution in [0.5, 0.6) is 0 Å². The molecule has 0 aliphatic carbocycles. The van der Waals surface area contributed by atoms with Gasteiger partial charge in [0.1, 0.15) is 0 Å². The van der Waals surface area contributed by atoms with Gasteiger partial charge in [-0.3, -0.25) is 0 Å². The lowest BCUT2D eigenvalue weighted by Crippen LogP contribution is -2.30. The fourth-order valence-electron chi connectivity index (χ4n) is 1.38. The van der Waals surface area contributed by atoms with Crippen molar-refractivity contribution in [3.8, 4) is 0 Å². The third kappa shape index (κ3) is 2.26. The molecule has 1 heteroatoms. The highest BCUT2D eigenvalue weighted by atomic mass is 14.9. The summed E-state index contributed by atoms with van der Waals surface area (Å²) >= 11 is 0. The van der Waals surface area contributed by atoms with Crippen LogP contribution in [0.2, 0.25) is 0 Å². The fourth-order valence-corrected chi connectivity index (χ4v) is 1.38. The van der Waals surface area contributed by atoms with Crippen LogP contribution in [0.15, 0.2) is 36.1 Å². The minimum Gasteiger partial charge on any atom is -0.383 e. The van der Waals surface area contributed by atoms with E-state index in [1.165, 1.54) is 12.0 Å². The molecule has 1 N–H and O–H groups in total. The van der Waals surface area contributed by atoms with Gasteiger partial charge in [0.25, 0.3) is 0 Å². The average molecular weight is 163 g/mol. The van der Waals surface area contributed by atoms with Crippen LogP contribution in [0.3, 0.4) is 0 Å². The zero-order valence-corrected chi connectivity index (χ0v) is 7.93. The molecule has 1 atom stereocenters. The summed E-state index contributed by atoms with van der Waals surface area (Å²) in [5.74, 6) is 0. The first-order chi connectivity index (χ1) is 5.74. The number of nitrogens with one attached hydrogen (secondary N) is 1. The lowest BCUT2D eigenvalue weighted by Gasteiger charge is -2.25. The lowest BCUT2D eigenvalue weighted by atomic mass is 9.98. The smallest absolute Gasteiger partial charge is 0.0301 e. The molecule has 12 heavy (non-hydrogen) atoms. The van der Waals surface area contributed by atoms with E-state index in [0.29, 0.717) is 6.04 Å². The zero-order chi connectivity index (χ0) is 8.97. The summed E-state index contributed by atoms with van der Waals surface area (Å²) in [4.78, 5) is 0. The van der Waals surface area contributed by atoms with E-state index in [4.69, 9.17) is 0 Å². The van der Waals surface area contributed by atoms with Gasteiger partial charge in [0.2, 0.25) is 0 Å². The maximum absolute atomic E-state index is 3.99. The number of hydrogen-bond acceptors (Lipinski definition) is 1. The second-order valence-corrected chi connectivity index (χ2v) is 3.28. The number of allylic oxidation sites excluding steroid dienone is 4. The third-order valence-electron chi connectivity index (χ3n) is 2.14. The van der Waals surface area contributed by atoms with Gasteiger partial charge in [-0.05, 0) is 32.3 Å². The molecular weight excluding hydrogens is 146 g/mol. The van der Waals surface area contributed by atoms with Gasteiger partial charge < -0.3 is 5.32 Å². The molecule has 66 valence electrons. The number of hydrogen-bond donors (Lipinski definition) is 1. The van der Waals surface area contributed by atoms with Crippen LogP contribution in [0.4, 0.5) is 0 Å². The minimum atomic E-state index is 0.584. The Kier molecular flexibility index (Phi) is 3.15. The molecule has 1 nitrogen and oxygen atoms in total. The van der Waals surface area contributed by atoms with Gasteiger partial charge in [-0.2, -0.15) is 0 Å². The van der Waals surface area contributed by atoms with E-state index in [0.717, 1.165) is 12.1 Å². The Hall–Kier alpha value is -0.980. The van der Waals surface area contributed by atoms with Crippen LogP contribution in [-0.4, -0.2) is 6.04 Å². The van der Waals surface area contributed by atoms with Gasteiger partial charge in [-0.15, -0.1) is 0 Å². The molecule has 1 fully saturated rings. The Labute approximate surface area is 74.9 Å². The van der Waals surface area contributed by atoms with Crippen molar-refractivity contribution in [2.24, 2.45) is 0 Å². The summed E-state index contributed by atoms with van der Waals surface area (Å²) in [5, 5.41) is 3.34. The van der Waals surface area contributed by atoms with Gasteiger partial charge in [-0.25, -0.2) is 0 Å². The normalized spacial score (nSPS) is 28.0. The van der Waals surface area contributed by atoms with Crippen LogP contribution in [-0.2, 0) is 0 Å². The molecule has 0 bridgehead atoms. The first-order valence-electron chi connectivity index (χ1n) is 4.51. The first kappa shape index (κ1) is 9.11. The Balaban J connectivity index is 2.62. The highest BCUT2D eigenvalue weighted by Gasteiger charge is 2.13. The van der Waals surface area contributed by atoms with E-state index in [-0.39, 0.29) is 0 Å². The summed E-state index contributed by atoms with van der Waals surface area (Å²) in [5.41, 5.74) is 2.43.